The van der Waals surface area contributed by atoms with Gasteiger partial charge in [0.15, 0.2) is 0 Å². The number of anilines is 1. The van der Waals surface area contributed by atoms with E-state index in [0.717, 1.165) is 24.5 Å². The van der Waals surface area contributed by atoms with Crippen molar-refractivity contribution in [1.82, 2.24) is 14.9 Å². The van der Waals surface area contributed by atoms with Crippen molar-refractivity contribution in [2.24, 2.45) is 0 Å². The van der Waals surface area contributed by atoms with Gasteiger partial charge < -0.3 is 9.80 Å². The molecule has 0 spiro atoms. The van der Waals surface area contributed by atoms with Gasteiger partial charge >= 0.3 is 0 Å². The van der Waals surface area contributed by atoms with E-state index >= 15 is 0 Å². The Morgan fingerprint density at radius 3 is 2.55 bits per heavy atom. The first-order chi connectivity index (χ1) is 10.7. The van der Waals surface area contributed by atoms with Crippen molar-refractivity contribution >= 4 is 11.7 Å². The van der Waals surface area contributed by atoms with E-state index < -0.39 is 0 Å². The highest BCUT2D eigenvalue weighted by Crippen LogP contribution is 2.18. The monoisotopic (exact) mass is 296 g/mol. The third-order valence-electron chi connectivity index (χ3n) is 3.94. The van der Waals surface area contributed by atoms with E-state index in [1.807, 2.05) is 24.3 Å². The third kappa shape index (κ3) is 3.24. The molecule has 1 aliphatic rings. The van der Waals surface area contributed by atoms with Crippen LogP contribution in [-0.2, 0) is 6.54 Å². The number of carbonyl (C=O) groups is 1. The van der Waals surface area contributed by atoms with E-state index in [1.165, 1.54) is 12.8 Å². The van der Waals surface area contributed by atoms with Gasteiger partial charge in [0.1, 0.15) is 5.82 Å². The van der Waals surface area contributed by atoms with Crippen LogP contribution >= 0.6 is 0 Å². The maximum Gasteiger partial charge on any atom is 0.255 e. The van der Waals surface area contributed by atoms with Crippen molar-refractivity contribution in [1.29, 1.82) is 0 Å². The molecule has 22 heavy (non-hydrogen) atoms. The molecule has 114 valence electrons. The molecule has 2 aromatic rings. The van der Waals surface area contributed by atoms with Gasteiger partial charge in [0.25, 0.3) is 5.91 Å². The van der Waals surface area contributed by atoms with Gasteiger partial charge in [-0.2, -0.15) is 0 Å². The summed E-state index contributed by atoms with van der Waals surface area (Å²) >= 11 is 0. The highest BCUT2D eigenvalue weighted by atomic mass is 16.2. The van der Waals surface area contributed by atoms with Gasteiger partial charge in [-0.15, -0.1) is 0 Å². The SMILES string of the molecule is CN(Cc1ccncc1)C(=O)c1ccc(N2CCCC2)nc1. The highest BCUT2D eigenvalue weighted by Gasteiger charge is 2.16. The molecule has 1 saturated heterocycles. The number of aromatic nitrogens is 2. The second-order valence-corrected chi connectivity index (χ2v) is 5.62. The molecule has 5 nitrogen and oxygen atoms in total. The van der Waals surface area contributed by atoms with E-state index in [0.29, 0.717) is 12.1 Å². The zero-order valence-electron chi connectivity index (χ0n) is 12.8. The lowest BCUT2D eigenvalue weighted by atomic mass is 10.2. The Balaban J connectivity index is 1.66. The van der Waals surface area contributed by atoms with Gasteiger partial charge in [0.2, 0.25) is 0 Å². The Labute approximate surface area is 130 Å². The van der Waals surface area contributed by atoms with Crippen LogP contribution in [0.5, 0.6) is 0 Å². The molecule has 1 amide bonds. The lowest BCUT2D eigenvalue weighted by molar-refractivity contribution is 0.0784. The summed E-state index contributed by atoms with van der Waals surface area (Å²) < 4.78 is 0. The van der Waals surface area contributed by atoms with Gasteiger partial charge in [-0.25, -0.2) is 4.98 Å². The lowest BCUT2D eigenvalue weighted by Crippen LogP contribution is -2.26. The van der Waals surface area contributed by atoms with Crippen molar-refractivity contribution in [2.45, 2.75) is 19.4 Å². The number of hydrogen-bond donors (Lipinski definition) is 0. The molecule has 2 aromatic heterocycles. The van der Waals surface area contributed by atoms with E-state index in [-0.39, 0.29) is 5.91 Å². The molecule has 5 heteroatoms. The van der Waals surface area contributed by atoms with E-state index in [4.69, 9.17) is 0 Å². The Kier molecular flexibility index (Phi) is 4.32. The first kappa shape index (κ1) is 14.5. The lowest BCUT2D eigenvalue weighted by Gasteiger charge is -2.19. The predicted molar refractivity (Wildman–Crippen MR) is 85.7 cm³/mol. The Hall–Kier alpha value is -2.43. The fourth-order valence-corrected chi connectivity index (χ4v) is 2.70. The van der Waals surface area contributed by atoms with E-state index in [9.17, 15) is 4.79 Å². The average Bonchev–Trinajstić information content (AvgIpc) is 3.10. The van der Waals surface area contributed by atoms with Gasteiger partial charge in [0.05, 0.1) is 5.56 Å². The molecular formula is C17H20N4O. The maximum atomic E-state index is 12.4. The average molecular weight is 296 g/mol. The van der Waals surface area contributed by atoms with Crippen LogP contribution < -0.4 is 4.90 Å². The van der Waals surface area contributed by atoms with Gasteiger partial charge in [0, 0.05) is 45.3 Å². The largest absolute Gasteiger partial charge is 0.357 e. The van der Waals surface area contributed by atoms with Gasteiger partial charge in [-0.05, 0) is 42.7 Å². The van der Waals surface area contributed by atoms with E-state index in [2.05, 4.69) is 14.9 Å². The minimum Gasteiger partial charge on any atom is -0.357 e. The van der Waals surface area contributed by atoms with Crippen LogP contribution in [-0.4, -0.2) is 40.9 Å². The second-order valence-electron chi connectivity index (χ2n) is 5.62. The molecule has 0 radical (unpaired) electrons. The summed E-state index contributed by atoms with van der Waals surface area (Å²) in [5.74, 6) is 0.947. The summed E-state index contributed by atoms with van der Waals surface area (Å²) in [4.78, 5) is 24.8. The number of carbonyl (C=O) groups excluding carboxylic acids is 1. The first-order valence-corrected chi connectivity index (χ1v) is 7.59. The van der Waals surface area contributed by atoms with Crippen LogP contribution in [0, 0.1) is 0 Å². The molecule has 0 saturated carbocycles. The summed E-state index contributed by atoms with van der Waals surface area (Å²) in [6.45, 7) is 2.68. The normalized spacial score (nSPS) is 14.1. The topological polar surface area (TPSA) is 49.3 Å². The molecule has 0 atom stereocenters. The molecule has 3 heterocycles. The summed E-state index contributed by atoms with van der Waals surface area (Å²) in [5.41, 5.74) is 1.69. The molecule has 0 bridgehead atoms. The van der Waals surface area contributed by atoms with Crippen LogP contribution in [0.4, 0.5) is 5.82 Å². The molecule has 3 rings (SSSR count). The smallest absolute Gasteiger partial charge is 0.255 e. The van der Waals surface area contributed by atoms with Crippen molar-refractivity contribution < 1.29 is 4.79 Å². The van der Waals surface area contributed by atoms with Crippen LogP contribution in [0.15, 0.2) is 42.9 Å². The highest BCUT2D eigenvalue weighted by molar-refractivity contribution is 5.93. The molecule has 1 aliphatic heterocycles. The number of rotatable bonds is 4. The zero-order chi connectivity index (χ0) is 15.4. The Morgan fingerprint density at radius 2 is 1.91 bits per heavy atom. The fourth-order valence-electron chi connectivity index (χ4n) is 2.70. The Bertz CT molecular complexity index is 621. The van der Waals surface area contributed by atoms with Crippen molar-refractivity contribution in [3.05, 3.63) is 54.0 Å². The number of amides is 1. The summed E-state index contributed by atoms with van der Waals surface area (Å²) in [6.07, 6.45) is 7.59. The molecule has 0 unspecified atom stereocenters. The van der Waals surface area contributed by atoms with Crippen LogP contribution in [0.25, 0.3) is 0 Å². The number of pyridine rings is 2. The van der Waals surface area contributed by atoms with E-state index in [1.54, 1.807) is 30.5 Å². The van der Waals surface area contributed by atoms with Gasteiger partial charge in [-0.1, -0.05) is 0 Å². The quantitative estimate of drug-likeness (QED) is 0.869. The minimum atomic E-state index is -0.0164. The first-order valence-electron chi connectivity index (χ1n) is 7.59. The maximum absolute atomic E-state index is 12.4. The van der Waals surface area contributed by atoms with Crippen molar-refractivity contribution in [2.75, 3.05) is 25.0 Å². The molecule has 0 N–H and O–H groups in total. The van der Waals surface area contributed by atoms with Crippen LogP contribution in [0.3, 0.4) is 0 Å². The second kappa shape index (κ2) is 6.56. The standard InChI is InChI=1S/C17H20N4O/c1-20(13-14-6-8-18-9-7-14)17(22)15-4-5-16(19-12-15)21-10-2-3-11-21/h4-9,12H,2-3,10-11,13H2,1H3. The predicted octanol–water partition coefficient (Wildman–Crippen LogP) is 2.35. The van der Waals surface area contributed by atoms with Crippen molar-refractivity contribution in [3.8, 4) is 0 Å². The third-order valence-corrected chi connectivity index (χ3v) is 3.94. The van der Waals surface area contributed by atoms with Crippen molar-refractivity contribution in [3.63, 3.8) is 0 Å². The summed E-state index contributed by atoms with van der Waals surface area (Å²) in [6, 6.07) is 7.64. The van der Waals surface area contributed by atoms with Crippen LogP contribution in [0.1, 0.15) is 28.8 Å². The zero-order valence-corrected chi connectivity index (χ0v) is 12.8. The molecule has 0 aliphatic carbocycles. The van der Waals surface area contributed by atoms with Gasteiger partial charge in [-0.3, -0.25) is 9.78 Å². The summed E-state index contributed by atoms with van der Waals surface area (Å²) in [7, 11) is 1.80. The molecular weight excluding hydrogens is 276 g/mol. The number of hydrogen-bond acceptors (Lipinski definition) is 4. The van der Waals surface area contributed by atoms with Crippen LogP contribution in [0.2, 0.25) is 0 Å². The molecule has 1 fully saturated rings. The Morgan fingerprint density at radius 1 is 1.18 bits per heavy atom. The summed E-state index contributed by atoms with van der Waals surface area (Å²) in [5, 5.41) is 0. The fraction of sp³-hybridized carbons (Fsp3) is 0.353. The minimum absolute atomic E-state index is 0.0164. The number of nitrogens with zero attached hydrogens (tertiary/aromatic N) is 4. The molecule has 0 aromatic carbocycles.